The van der Waals surface area contributed by atoms with Gasteiger partial charge in [0.25, 0.3) is 0 Å². The molecule has 24 heavy (non-hydrogen) atoms. The minimum absolute atomic E-state index is 0.125. The highest BCUT2D eigenvalue weighted by atomic mass is 35.5. The first-order chi connectivity index (χ1) is 11.5. The van der Waals surface area contributed by atoms with E-state index in [0.717, 1.165) is 0 Å². The van der Waals surface area contributed by atoms with Crippen molar-refractivity contribution in [3.63, 3.8) is 0 Å². The quantitative estimate of drug-likeness (QED) is 0.831. The first-order valence-corrected chi connectivity index (χ1v) is 7.78. The molecule has 0 fully saturated rings. The standard InChI is InChI=1S/C17H19ClN2O4/c1-12(21)20(11-14-4-3-9-24-14)8-7-17(22)19-15-10-13(18)5-6-16(15)23-2/h3-6,9-10H,7-8,11H2,1-2H3,(H,19,22). The summed E-state index contributed by atoms with van der Waals surface area (Å²) in [5.74, 6) is 0.828. The van der Waals surface area contributed by atoms with E-state index in [1.165, 1.54) is 14.0 Å². The summed E-state index contributed by atoms with van der Waals surface area (Å²) < 4.78 is 10.4. The summed E-state index contributed by atoms with van der Waals surface area (Å²) in [6.07, 6.45) is 1.70. The Balaban J connectivity index is 1.94. The molecule has 0 aliphatic rings. The zero-order valence-electron chi connectivity index (χ0n) is 13.5. The molecule has 1 aromatic heterocycles. The van der Waals surface area contributed by atoms with Gasteiger partial charge in [0.2, 0.25) is 11.8 Å². The predicted molar refractivity (Wildman–Crippen MR) is 91.0 cm³/mol. The van der Waals surface area contributed by atoms with Crippen molar-refractivity contribution in [2.45, 2.75) is 19.9 Å². The number of hydrogen-bond donors (Lipinski definition) is 1. The Labute approximate surface area is 145 Å². The lowest BCUT2D eigenvalue weighted by Crippen LogP contribution is -2.31. The van der Waals surface area contributed by atoms with Crippen molar-refractivity contribution in [3.8, 4) is 5.75 Å². The minimum atomic E-state index is -0.235. The van der Waals surface area contributed by atoms with E-state index in [0.29, 0.717) is 28.8 Å². The predicted octanol–water partition coefficient (Wildman–Crippen LogP) is 3.32. The molecule has 0 spiro atoms. The van der Waals surface area contributed by atoms with Gasteiger partial charge in [-0.15, -0.1) is 0 Å². The van der Waals surface area contributed by atoms with Crippen LogP contribution in [0.4, 0.5) is 5.69 Å². The molecule has 1 aromatic carbocycles. The molecule has 0 radical (unpaired) electrons. The zero-order chi connectivity index (χ0) is 17.5. The largest absolute Gasteiger partial charge is 0.495 e. The number of benzene rings is 1. The Hall–Kier alpha value is -2.47. The monoisotopic (exact) mass is 350 g/mol. The van der Waals surface area contributed by atoms with Crippen LogP contribution in [0.5, 0.6) is 5.75 Å². The fourth-order valence-corrected chi connectivity index (χ4v) is 2.34. The van der Waals surface area contributed by atoms with Crippen LogP contribution in [-0.2, 0) is 16.1 Å². The number of hydrogen-bond acceptors (Lipinski definition) is 4. The number of anilines is 1. The first-order valence-electron chi connectivity index (χ1n) is 7.41. The van der Waals surface area contributed by atoms with Crippen molar-refractivity contribution in [2.24, 2.45) is 0 Å². The number of carbonyl (C=O) groups excluding carboxylic acids is 2. The molecular weight excluding hydrogens is 332 g/mol. The second-order valence-electron chi connectivity index (χ2n) is 5.16. The molecular formula is C17H19ClN2O4. The van der Waals surface area contributed by atoms with Crippen LogP contribution in [0.15, 0.2) is 41.0 Å². The van der Waals surface area contributed by atoms with Crippen LogP contribution in [0.2, 0.25) is 5.02 Å². The molecule has 0 saturated carbocycles. The van der Waals surface area contributed by atoms with Crippen LogP contribution in [-0.4, -0.2) is 30.4 Å². The maximum atomic E-state index is 12.2. The van der Waals surface area contributed by atoms with Gasteiger partial charge in [0.1, 0.15) is 11.5 Å². The van der Waals surface area contributed by atoms with E-state index in [9.17, 15) is 9.59 Å². The van der Waals surface area contributed by atoms with E-state index in [2.05, 4.69) is 5.32 Å². The SMILES string of the molecule is COc1ccc(Cl)cc1NC(=O)CCN(Cc1ccco1)C(C)=O. The van der Waals surface area contributed by atoms with E-state index in [-0.39, 0.29) is 24.8 Å². The summed E-state index contributed by atoms with van der Waals surface area (Å²) in [4.78, 5) is 25.4. The topological polar surface area (TPSA) is 71.8 Å². The minimum Gasteiger partial charge on any atom is -0.495 e. The van der Waals surface area contributed by atoms with Crippen LogP contribution in [0.25, 0.3) is 0 Å². The average molecular weight is 351 g/mol. The van der Waals surface area contributed by atoms with Gasteiger partial charge >= 0.3 is 0 Å². The van der Waals surface area contributed by atoms with Crippen molar-refractivity contribution in [1.29, 1.82) is 0 Å². The molecule has 2 rings (SSSR count). The van der Waals surface area contributed by atoms with Crippen molar-refractivity contribution >= 4 is 29.1 Å². The number of methoxy groups -OCH3 is 1. The number of rotatable bonds is 7. The van der Waals surface area contributed by atoms with Crippen LogP contribution in [0, 0.1) is 0 Å². The normalized spacial score (nSPS) is 10.3. The van der Waals surface area contributed by atoms with E-state index in [1.807, 2.05) is 0 Å². The van der Waals surface area contributed by atoms with Crippen LogP contribution in [0.3, 0.4) is 0 Å². The van der Waals surface area contributed by atoms with E-state index in [4.69, 9.17) is 20.8 Å². The Morgan fingerprint density at radius 3 is 2.75 bits per heavy atom. The zero-order valence-corrected chi connectivity index (χ0v) is 14.3. The van der Waals surface area contributed by atoms with Crippen molar-refractivity contribution < 1.29 is 18.7 Å². The highest BCUT2D eigenvalue weighted by Gasteiger charge is 2.14. The summed E-state index contributed by atoms with van der Waals surface area (Å²) in [7, 11) is 1.51. The summed E-state index contributed by atoms with van der Waals surface area (Å²) in [6, 6.07) is 8.51. The molecule has 0 aliphatic carbocycles. The van der Waals surface area contributed by atoms with Gasteiger partial charge in [-0.05, 0) is 30.3 Å². The van der Waals surface area contributed by atoms with Gasteiger partial charge in [-0.3, -0.25) is 9.59 Å². The summed E-state index contributed by atoms with van der Waals surface area (Å²) >= 11 is 5.94. The average Bonchev–Trinajstić information content (AvgIpc) is 3.04. The lowest BCUT2D eigenvalue weighted by molar-refractivity contribution is -0.130. The lowest BCUT2D eigenvalue weighted by atomic mass is 10.2. The maximum absolute atomic E-state index is 12.2. The van der Waals surface area contributed by atoms with Crippen molar-refractivity contribution in [1.82, 2.24) is 4.90 Å². The second kappa shape index (κ2) is 8.40. The van der Waals surface area contributed by atoms with E-state index in [1.54, 1.807) is 41.5 Å². The Morgan fingerprint density at radius 2 is 2.12 bits per heavy atom. The van der Waals surface area contributed by atoms with E-state index >= 15 is 0 Å². The number of furan rings is 1. The van der Waals surface area contributed by atoms with Crippen molar-refractivity contribution in [2.75, 3.05) is 19.0 Å². The van der Waals surface area contributed by atoms with Gasteiger partial charge in [0.05, 0.1) is 25.6 Å². The highest BCUT2D eigenvalue weighted by Crippen LogP contribution is 2.27. The van der Waals surface area contributed by atoms with Gasteiger partial charge in [0.15, 0.2) is 0 Å². The Bertz CT molecular complexity index is 701. The molecule has 1 N–H and O–H groups in total. The third-order valence-corrected chi connectivity index (χ3v) is 3.65. The molecule has 0 unspecified atom stereocenters. The van der Waals surface area contributed by atoms with Gasteiger partial charge in [-0.25, -0.2) is 0 Å². The molecule has 0 saturated heterocycles. The molecule has 1 heterocycles. The molecule has 2 aromatic rings. The summed E-state index contributed by atoms with van der Waals surface area (Å²) in [5, 5.41) is 3.24. The molecule has 2 amide bonds. The van der Waals surface area contributed by atoms with Gasteiger partial charge in [0, 0.05) is 24.9 Å². The number of carbonyl (C=O) groups is 2. The van der Waals surface area contributed by atoms with Crippen LogP contribution < -0.4 is 10.1 Å². The third kappa shape index (κ3) is 5.03. The number of ether oxygens (including phenoxy) is 1. The molecule has 7 heteroatoms. The Morgan fingerprint density at radius 1 is 1.33 bits per heavy atom. The molecule has 6 nitrogen and oxygen atoms in total. The first kappa shape index (κ1) is 17.9. The fourth-order valence-electron chi connectivity index (χ4n) is 2.17. The van der Waals surface area contributed by atoms with Gasteiger partial charge in [-0.1, -0.05) is 11.6 Å². The molecule has 128 valence electrons. The van der Waals surface area contributed by atoms with Crippen molar-refractivity contribution in [3.05, 3.63) is 47.4 Å². The highest BCUT2D eigenvalue weighted by molar-refractivity contribution is 6.31. The third-order valence-electron chi connectivity index (χ3n) is 3.42. The summed E-state index contributed by atoms with van der Waals surface area (Å²) in [5.41, 5.74) is 0.496. The fraction of sp³-hybridized carbons (Fsp3) is 0.294. The van der Waals surface area contributed by atoms with Gasteiger partial charge in [-0.2, -0.15) is 0 Å². The lowest BCUT2D eigenvalue weighted by Gasteiger charge is -2.19. The van der Waals surface area contributed by atoms with Crippen LogP contribution in [0.1, 0.15) is 19.1 Å². The smallest absolute Gasteiger partial charge is 0.226 e. The number of nitrogens with zero attached hydrogens (tertiary/aromatic N) is 1. The second-order valence-corrected chi connectivity index (χ2v) is 5.60. The molecule has 0 bridgehead atoms. The molecule has 0 aliphatic heterocycles. The Kier molecular flexibility index (Phi) is 6.26. The van der Waals surface area contributed by atoms with Crippen LogP contribution >= 0.6 is 11.6 Å². The maximum Gasteiger partial charge on any atom is 0.226 e. The summed E-state index contributed by atoms with van der Waals surface area (Å²) in [6.45, 7) is 2.07. The number of amides is 2. The number of halogens is 1. The van der Waals surface area contributed by atoms with Gasteiger partial charge < -0.3 is 19.4 Å². The molecule has 0 atom stereocenters. The van der Waals surface area contributed by atoms with E-state index < -0.39 is 0 Å². The number of nitrogens with one attached hydrogen (secondary N) is 1.